The molecule has 156 valence electrons. The zero-order valence-electron chi connectivity index (χ0n) is 17.0. The van der Waals surface area contributed by atoms with Gasteiger partial charge in [0.05, 0.1) is 17.2 Å². The SMILES string of the molecule is O=C1c2ccc(C(=O)N3CCCC3c3cccs3)cc2C(=O)N1CCc1ccccc1. The Bertz CT molecular complexity index is 1140. The van der Waals surface area contributed by atoms with E-state index in [2.05, 4.69) is 6.07 Å². The van der Waals surface area contributed by atoms with Gasteiger partial charge in [0.15, 0.2) is 0 Å². The van der Waals surface area contributed by atoms with Gasteiger partial charge in [0.2, 0.25) is 0 Å². The molecule has 3 amide bonds. The Kier molecular flexibility index (Phi) is 5.16. The largest absolute Gasteiger partial charge is 0.331 e. The fraction of sp³-hybridized carbons (Fsp3) is 0.240. The summed E-state index contributed by atoms with van der Waals surface area (Å²) in [5, 5.41) is 2.03. The molecule has 0 radical (unpaired) electrons. The molecule has 3 aromatic rings. The van der Waals surface area contributed by atoms with E-state index in [9.17, 15) is 14.4 Å². The molecule has 5 rings (SSSR count). The van der Waals surface area contributed by atoms with Crippen LogP contribution in [0.1, 0.15) is 60.4 Å². The van der Waals surface area contributed by atoms with Crippen molar-refractivity contribution in [3.63, 3.8) is 0 Å². The molecule has 5 nitrogen and oxygen atoms in total. The zero-order chi connectivity index (χ0) is 21.4. The average Bonchev–Trinajstić information content (AvgIpc) is 3.54. The number of imide groups is 1. The summed E-state index contributed by atoms with van der Waals surface area (Å²) < 4.78 is 0. The number of nitrogens with zero attached hydrogens (tertiary/aromatic N) is 2. The highest BCUT2D eigenvalue weighted by molar-refractivity contribution is 7.10. The van der Waals surface area contributed by atoms with Crippen molar-refractivity contribution in [1.29, 1.82) is 0 Å². The minimum absolute atomic E-state index is 0.0818. The van der Waals surface area contributed by atoms with E-state index in [1.807, 2.05) is 46.7 Å². The van der Waals surface area contributed by atoms with E-state index in [-0.39, 0.29) is 23.8 Å². The molecular formula is C25H22N2O3S. The molecule has 0 N–H and O–H groups in total. The summed E-state index contributed by atoms with van der Waals surface area (Å²) in [4.78, 5) is 43.4. The van der Waals surface area contributed by atoms with Crippen molar-refractivity contribution in [2.45, 2.75) is 25.3 Å². The zero-order valence-corrected chi connectivity index (χ0v) is 17.8. The minimum Gasteiger partial charge on any atom is -0.331 e. The first-order chi connectivity index (χ1) is 15.1. The van der Waals surface area contributed by atoms with Gasteiger partial charge in [0.25, 0.3) is 17.7 Å². The lowest BCUT2D eigenvalue weighted by Crippen LogP contribution is -2.31. The maximum atomic E-state index is 13.3. The molecule has 3 heterocycles. The number of amides is 3. The number of carbonyl (C=O) groups is 3. The summed E-state index contributed by atoms with van der Waals surface area (Å²) in [5.74, 6) is -0.684. The summed E-state index contributed by atoms with van der Waals surface area (Å²) in [6, 6.07) is 18.8. The Hall–Kier alpha value is -3.25. The lowest BCUT2D eigenvalue weighted by atomic mass is 10.0. The van der Waals surface area contributed by atoms with E-state index in [4.69, 9.17) is 0 Å². The fourth-order valence-electron chi connectivity index (χ4n) is 4.46. The van der Waals surface area contributed by atoms with Crippen LogP contribution in [0.2, 0.25) is 0 Å². The summed E-state index contributed by atoms with van der Waals surface area (Å²) in [6.45, 7) is 1.03. The third kappa shape index (κ3) is 3.57. The number of fused-ring (bicyclic) bond motifs is 1. The van der Waals surface area contributed by atoms with Gasteiger partial charge in [-0.15, -0.1) is 11.3 Å². The molecule has 1 aromatic heterocycles. The van der Waals surface area contributed by atoms with Crippen molar-refractivity contribution < 1.29 is 14.4 Å². The van der Waals surface area contributed by atoms with Crippen LogP contribution in [0.5, 0.6) is 0 Å². The van der Waals surface area contributed by atoms with Crippen LogP contribution in [-0.4, -0.2) is 40.6 Å². The van der Waals surface area contributed by atoms with Gasteiger partial charge in [-0.25, -0.2) is 0 Å². The van der Waals surface area contributed by atoms with Gasteiger partial charge in [-0.1, -0.05) is 36.4 Å². The molecule has 1 atom stereocenters. The normalized spacial score (nSPS) is 18.0. The first-order valence-electron chi connectivity index (χ1n) is 10.5. The Labute approximate surface area is 184 Å². The highest BCUT2D eigenvalue weighted by Crippen LogP contribution is 2.36. The van der Waals surface area contributed by atoms with Crippen LogP contribution in [0.4, 0.5) is 0 Å². The average molecular weight is 431 g/mol. The summed E-state index contributed by atoms with van der Waals surface area (Å²) in [5.41, 5.74) is 2.25. The Morgan fingerprint density at radius 3 is 2.55 bits per heavy atom. The van der Waals surface area contributed by atoms with E-state index in [1.54, 1.807) is 29.5 Å². The van der Waals surface area contributed by atoms with Gasteiger partial charge in [0, 0.05) is 23.5 Å². The number of likely N-dealkylation sites (tertiary alicyclic amines) is 1. The lowest BCUT2D eigenvalue weighted by Gasteiger charge is -2.24. The highest BCUT2D eigenvalue weighted by Gasteiger charge is 2.37. The van der Waals surface area contributed by atoms with Crippen LogP contribution < -0.4 is 0 Å². The monoisotopic (exact) mass is 430 g/mol. The summed E-state index contributed by atoms with van der Waals surface area (Å²) in [6.07, 6.45) is 2.51. The summed E-state index contributed by atoms with van der Waals surface area (Å²) in [7, 11) is 0. The third-order valence-corrected chi connectivity index (χ3v) is 7.04. The van der Waals surface area contributed by atoms with Gasteiger partial charge in [-0.3, -0.25) is 19.3 Å². The second-order valence-electron chi connectivity index (χ2n) is 7.93. The molecule has 0 spiro atoms. The van der Waals surface area contributed by atoms with E-state index < -0.39 is 0 Å². The predicted molar refractivity (Wildman–Crippen MR) is 119 cm³/mol. The van der Waals surface area contributed by atoms with Gasteiger partial charge in [0.1, 0.15) is 0 Å². The quantitative estimate of drug-likeness (QED) is 0.558. The Morgan fingerprint density at radius 2 is 1.77 bits per heavy atom. The molecule has 0 saturated carbocycles. The van der Waals surface area contributed by atoms with Crippen LogP contribution in [-0.2, 0) is 6.42 Å². The van der Waals surface area contributed by atoms with Gasteiger partial charge < -0.3 is 4.90 Å². The number of hydrogen-bond acceptors (Lipinski definition) is 4. The van der Waals surface area contributed by atoms with Crippen LogP contribution in [0.3, 0.4) is 0 Å². The van der Waals surface area contributed by atoms with Crippen LogP contribution in [0, 0.1) is 0 Å². The van der Waals surface area contributed by atoms with Crippen molar-refractivity contribution in [3.8, 4) is 0 Å². The molecule has 1 saturated heterocycles. The molecular weight excluding hydrogens is 408 g/mol. The van der Waals surface area contributed by atoms with Crippen molar-refractivity contribution in [2.75, 3.05) is 13.1 Å². The standard InChI is InChI=1S/C25H22N2O3S/c28-23(26-13-4-8-21(26)22-9-5-15-31-22)18-10-11-19-20(16-18)25(30)27(24(19)29)14-12-17-6-2-1-3-7-17/h1-3,5-7,9-11,15-16,21H,4,8,12-14H2. The van der Waals surface area contributed by atoms with Gasteiger partial charge in [-0.05, 0) is 54.5 Å². The first-order valence-corrected chi connectivity index (χ1v) is 11.4. The Morgan fingerprint density at radius 1 is 0.968 bits per heavy atom. The maximum absolute atomic E-state index is 13.3. The molecule has 31 heavy (non-hydrogen) atoms. The van der Waals surface area contributed by atoms with Gasteiger partial charge in [-0.2, -0.15) is 0 Å². The van der Waals surface area contributed by atoms with E-state index in [1.165, 1.54) is 9.78 Å². The first kappa shape index (κ1) is 19.7. The number of rotatable bonds is 5. The van der Waals surface area contributed by atoms with Gasteiger partial charge >= 0.3 is 0 Å². The molecule has 6 heteroatoms. The minimum atomic E-state index is -0.318. The molecule has 2 aliphatic rings. The molecule has 0 bridgehead atoms. The van der Waals surface area contributed by atoms with E-state index in [0.717, 1.165) is 18.4 Å². The topological polar surface area (TPSA) is 57.7 Å². The van der Waals surface area contributed by atoms with Crippen molar-refractivity contribution >= 4 is 29.1 Å². The fourth-order valence-corrected chi connectivity index (χ4v) is 5.34. The second-order valence-corrected chi connectivity index (χ2v) is 8.91. The van der Waals surface area contributed by atoms with Crippen LogP contribution >= 0.6 is 11.3 Å². The van der Waals surface area contributed by atoms with E-state index >= 15 is 0 Å². The molecule has 1 unspecified atom stereocenters. The summed E-state index contributed by atoms with van der Waals surface area (Å²) >= 11 is 1.66. The molecule has 0 aliphatic carbocycles. The number of carbonyl (C=O) groups excluding carboxylic acids is 3. The number of benzene rings is 2. The van der Waals surface area contributed by atoms with E-state index in [0.29, 0.717) is 36.2 Å². The third-order valence-electron chi connectivity index (χ3n) is 6.07. The van der Waals surface area contributed by atoms with Crippen molar-refractivity contribution in [3.05, 3.63) is 93.2 Å². The molecule has 2 aliphatic heterocycles. The lowest BCUT2D eigenvalue weighted by molar-refractivity contribution is 0.0655. The molecule has 1 fully saturated rings. The number of hydrogen-bond donors (Lipinski definition) is 0. The van der Waals surface area contributed by atoms with Crippen LogP contribution in [0.25, 0.3) is 0 Å². The smallest absolute Gasteiger partial charge is 0.261 e. The Balaban J connectivity index is 1.36. The van der Waals surface area contributed by atoms with Crippen molar-refractivity contribution in [2.24, 2.45) is 0 Å². The second kappa shape index (κ2) is 8.12. The highest BCUT2D eigenvalue weighted by atomic mass is 32.1. The van der Waals surface area contributed by atoms with Crippen LogP contribution in [0.15, 0.2) is 66.0 Å². The van der Waals surface area contributed by atoms with Crippen molar-refractivity contribution in [1.82, 2.24) is 9.80 Å². The maximum Gasteiger partial charge on any atom is 0.261 e. The number of thiophene rings is 1. The molecule has 2 aromatic carbocycles. The predicted octanol–water partition coefficient (Wildman–Crippen LogP) is 4.56.